The Morgan fingerprint density at radius 1 is 1.00 bits per heavy atom. The van der Waals surface area contributed by atoms with Gasteiger partial charge in [0.05, 0.1) is 20.3 Å². The molecule has 2 aromatic rings. The van der Waals surface area contributed by atoms with Gasteiger partial charge in [0, 0.05) is 5.56 Å². The van der Waals surface area contributed by atoms with E-state index in [1.54, 1.807) is 49.6 Å². The van der Waals surface area contributed by atoms with Gasteiger partial charge in [-0.2, -0.15) is 0 Å². The minimum Gasteiger partial charge on any atom is -0.497 e. The molecule has 2 rings (SSSR count). The molecule has 0 aliphatic carbocycles. The predicted octanol–water partition coefficient (Wildman–Crippen LogP) is 2.79. The zero-order valence-corrected chi connectivity index (χ0v) is 12.4. The number of aliphatic hydroxyl groups excluding tert-OH is 1. The van der Waals surface area contributed by atoms with E-state index in [2.05, 4.69) is 0 Å². The summed E-state index contributed by atoms with van der Waals surface area (Å²) in [6.45, 7) is 0.292. The molecular weight excluding hydrogens is 287 g/mol. The lowest BCUT2D eigenvalue weighted by Crippen LogP contribution is -2.23. The first-order chi connectivity index (χ1) is 10.7. The third kappa shape index (κ3) is 5.02. The van der Waals surface area contributed by atoms with Crippen LogP contribution in [0.15, 0.2) is 48.5 Å². The Hall–Kier alpha value is -2.11. The molecule has 0 aliphatic rings. The minimum absolute atomic E-state index is 0.0739. The van der Waals surface area contributed by atoms with Gasteiger partial charge >= 0.3 is 0 Å². The zero-order chi connectivity index (χ0) is 15.8. The molecule has 2 aromatic carbocycles. The van der Waals surface area contributed by atoms with Gasteiger partial charge in [0.2, 0.25) is 0 Å². The molecule has 0 radical (unpaired) electrons. The fraction of sp³-hybridized carbons (Fsp3) is 0.294. The molecule has 1 unspecified atom stereocenters. The van der Waals surface area contributed by atoms with Crippen molar-refractivity contribution in [2.45, 2.75) is 12.7 Å². The van der Waals surface area contributed by atoms with E-state index < -0.39 is 6.10 Å². The Morgan fingerprint density at radius 3 is 2.36 bits per heavy atom. The van der Waals surface area contributed by atoms with Crippen molar-refractivity contribution in [2.75, 3.05) is 20.3 Å². The highest BCUT2D eigenvalue weighted by Crippen LogP contribution is 2.17. The van der Waals surface area contributed by atoms with Crippen LogP contribution in [-0.4, -0.2) is 31.5 Å². The number of hydrogen-bond acceptors (Lipinski definition) is 4. The van der Waals surface area contributed by atoms with Crippen molar-refractivity contribution in [3.63, 3.8) is 0 Å². The SMILES string of the molecule is COc1ccc(OCC(O)COCc2ccccc2F)cc1. The second-order valence-corrected chi connectivity index (χ2v) is 4.75. The van der Waals surface area contributed by atoms with Crippen LogP contribution in [0.2, 0.25) is 0 Å². The average Bonchev–Trinajstić information content (AvgIpc) is 2.55. The van der Waals surface area contributed by atoms with Gasteiger partial charge in [-0.3, -0.25) is 0 Å². The van der Waals surface area contributed by atoms with Gasteiger partial charge in [0.1, 0.15) is 30.0 Å². The third-order valence-corrected chi connectivity index (χ3v) is 3.03. The molecule has 22 heavy (non-hydrogen) atoms. The Morgan fingerprint density at radius 2 is 1.68 bits per heavy atom. The van der Waals surface area contributed by atoms with Gasteiger partial charge in [0.15, 0.2) is 0 Å². The first-order valence-corrected chi connectivity index (χ1v) is 6.95. The average molecular weight is 306 g/mol. The van der Waals surface area contributed by atoms with Crippen molar-refractivity contribution in [3.8, 4) is 11.5 Å². The van der Waals surface area contributed by atoms with Crippen LogP contribution in [-0.2, 0) is 11.3 Å². The summed E-state index contributed by atoms with van der Waals surface area (Å²) in [5.41, 5.74) is 0.464. The van der Waals surface area contributed by atoms with Crippen LogP contribution in [0.4, 0.5) is 4.39 Å². The summed E-state index contributed by atoms with van der Waals surface area (Å²) in [4.78, 5) is 0. The molecule has 1 atom stereocenters. The largest absolute Gasteiger partial charge is 0.497 e. The molecule has 0 aromatic heterocycles. The van der Waals surface area contributed by atoms with E-state index in [4.69, 9.17) is 14.2 Å². The number of benzene rings is 2. The van der Waals surface area contributed by atoms with Crippen LogP contribution >= 0.6 is 0 Å². The van der Waals surface area contributed by atoms with Gasteiger partial charge < -0.3 is 19.3 Å². The third-order valence-electron chi connectivity index (χ3n) is 3.03. The Bertz CT molecular complexity index is 571. The molecule has 1 N–H and O–H groups in total. The first-order valence-electron chi connectivity index (χ1n) is 6.95. The van der Waals surface area contributed by atoms with Gasteiger partial charge in [-0.25, -0.2) is 4.39 Å². The van der Waals surface area contributed by atoms with Gasteiger partial charge in [-0.05, 0) is 30.3 Å². The van der Waals surface area contributed by atoms with Crippen LogP contribution in [0.25, 0.3) is 0 Å². The molecule has 0 heterocycles. The van der Waals surface area contributed by atoms with E-state index in [1.807, 2.05) is 0 Å². The van der Waals surface area contributed by atoms with E-state index >= 15 is 0 Å². The molecule has 0 fully saturated rings. The smallest absolute Gasteiger partial charge is 0.128 e. The summed E-state index contributed by atoms with van der Waals surface area (Å²) >= 11 is 0. The maximum atomic E-state index is 13.4. The molecule has 0 aliphatic heterocycles. The lowest BCUT2D eigenvalue weighted by Gasteiger charge is -2.13. The maximum Gasteiger partial charge on any atom is 0.128 e. The fourth-order valence-electron chi connectivity index (χ4n) is 1.83. The quantitative estimate of drug-likeness (QED) is 0.815. The van der Waals surface area contributed by atoms with E-state index in [1.165, 1.54) is 6.07 Å². The summed E-state index contributed by atoms with van der Waals surface area (Å²) < 4.78 is 29.1. The van der Waals surface area contributed by atoms with Crippen molar-refractivity contribution < 1.29 is 23.7 Å². The number of halogens is 1. The van der Waals surface area contributed by atoms with Crippen LogP contribution in [0.3, 0.4) is 0 Å². The van der Waals surface area contributed by atoms with E-state index in [9.17, 15) is 9.50 Å². The van der Waals surface area contributed by atoms with Crippen molar-refractivity contribution >= 4 is 0 Å². The van der Waals surface area contributed by atoms with Gasteiger partial charge in [-0.1, -0.05) is 18.2 Å². The van der Waals surface area contributed by atoms with Crippen molar-refractivity contribution in [1.29, 1.82) is 0 Å². The van der Waals surface area contributed by atoms with Crippen LogP contribution < -0.4 is 9.47 Å². The highest BCUT2D eigenvalue weighted by Gasteiger charge is 2.07. The van der Waals surface area contributed by atoms with E-state index in [0.29, 0.717) is 11.3 Å². The topological polar surface area (TPSA) is 47.9 Å². The van der Waals surface area contributed by atoms with Gasteiger partial charge in [-0.15, -0.1) is 0 Å². The predicted molar refractivity (Wildman–Crippen MR) is 80.6 cm³/mol. The summed E-state index contributed by atoms with van der Waals surface area (Å²) in [7, 11) is 1.59. The van der Waals surface area contributed by atoms with Crippen molar-refractivity contribution in [2.24, 2.45) is 0 Å². The first kappa shape index (κ1) is 16.3. The maximum absolute atomic E-state index is 13.4. The second kappa shape index (κ2) is 8.36. The molecule has 0 saturated heterocycles. The molecule has 0 bridgehead atoms. The summed E-state index contributed by atoms with van der Waals surface area (Å²) in [5, 5.41) is 9.79. The van der Waals surface area contributed by atoms with E-state index in [0.717, 1.165) is 5.75 Å². The number of methoxy groups -OCH3 is 1. The molecule has 118 valence electrons. The molecule has 4 nitrogen and oxygen atoms in total. The molecular formula is C17H19FO4. The monoisotopic (exact) mass is 306 g/mol. The van der Waals surface area contributed by atoms with E-state index in [-0.39, 0.29) is 25.6 Å². The molecule has 0 amide bonds. The Labute approximate surface area is 129 Å². The zero-order valence-electron chi connectivity index (χ0n) is 12.4. The van der Waals surface area contributed by atoms with Crippen molar-refractivity contribution in [1.82, 2.24) is 0 Å². The highest BCUT2D eigenvalue weighted by molar-refractivity contribution is 5.31. The Balaban J connectivity index is 1.69. The highest BCUT2D eigenvalue weighted by atomic mass is 19.1. The second-order valence-electron chi connectivity index (χ2n) is 4.75. The summed E-state index contributed by atoms with van der Waals surface area (Å²) in [6.07, 6.45) is -0.783. The van der Waals surface area contributed by atoms with Crippen LogP contribution in [0.1, 0.15) is 5.56 Å². The Kier molecular flexibility index (Phi) is 6.18. The molecule has 5 heteroatoms. The fourth-order valence-corrected chi connectivity index (χ4v) is 1.83. The lowest BCUT2D eigenvalue weighted by molar-refractivity contribution is 0.00476. The van der Waals surface area contributed by atoms with Crippen LogP contribution in [0, 0.1) is 5.82 Å². The normalized spacial score (nSPS) is 12.0. The number of aliphatic hydroxyl groups is 1. The number of hydrogen-bond donors (Lipinski definition) is 1. The minimum atomic E-state index is -0.783. The number of ether oxygens (including phenoxy) is 3. The van der Waals surface area contributed by atoms with Gasteiger partial charge in [0.25, 0.3) is 0 Å². The number of rotatable bonds is 8. The summed E-state index contributed by atoms with van der Waals surface area (Å²) in [5.74, 6) is 1.06. The summed E-state index contributed by atoms with van der Waals surface area (Å²) in [6, 6.07) is 13.4. The lowest BCUT2D eigenvalue weighted by atomic mass is 10.2. The molecule has 0 saturated carbocycles. The molecule has 0 spiro atoms. The van der Waals surface area contributed by atoms with Crippen molar-refractivity contribution in [3.05, 3.63) is 59.9 Å². The standard InChI is InChI=1S/C17H19FO4/c1-20-15-6-8-16(9-7-15)22-12-14(19)11-21-10-13-4-2-3-5-17(13)18/h2-9,14,19H,10-12H2,1H3. The van der Waals surface area contributed by atoms with Crippen LogP contribution in [0.5, 0.6) is 11.5 Å².